The van der Waals surface area contributed by atoms with Gasteiger partial charge in [0.25, 0.3) is 0 Å². The summed E-state index contributed by atoms with van der Waals surface area (Å²) in [5.74, 6) is 2.09. The number of hydrogen-bond acceptors (Lipinski definition) is 7. The van der Waals surface area contributed by atoms with Crippen molar-refractivity contribution in [2.24, 2.45) is 57.4 Å². The van der Waals surface area contributed by atoms with E-state index in [0.717, 1.165) is 25.7 Å². The smallest absolute Gasteiger partial charge is 0.303 e. The number of Topliss-reactive ketones (excluding diaryl/α,β-unsaturated/α-hetero) is 1. The zero-order chi connectivity index (χ0) is 27.6. The highest BCUT2D eigenvalue weighted by molar-refractivity contribution is 5.87. The van der Waals surface area contributed by atoms with Crippen LogP contribution in [0.2, 0.25) is 0 Å². The molecular formula is C31H47NO6. The van der Waals surface area contributed by atoms with Crippen LogP contribution in [-0.2, 0) is 28.7 Å². The molecular weight excluding hydrogens is 482 g/mol. The highest BCUT2D eigenvalue weighted by Crippen LogP contribution is 2.68. The molecule has 4 fully saturated rings. The lowest BCUT2D eigenvalue weighted by molar-refractivity contribution is -0.196. The molecule has 5 rings (SSSR count). The molecule has 0 bridgehead atoms. The quantitative estimate of drug-likeness (QED) is 0.422. The van der Waals surface area contributed by atoms with E-state index in [0.29, 0.717) is 60.6 Å². The van der Waals surface area contributed by atoms with E-state index in [1.165, 1.54) is 26.0 Å². The van der Waals surface area contributed by atoms with Crippen LogP contribution in [0.1, 0.15) is 99.8 Å². The summed E-state index contributed by atoms with van der Waals surface area (Å²) in [6.07, 6.45) is 6.28. The van der Waals surface area contributed by atoms with Crippen molar-refractivity contribution < 1.29 is 28.7 Å². The van der Waals surface area contributed by atoms with E-state index in [1.54, 1.807) is 0 Å². The number of nitrogens with zero attached hydrogens (tertiary/aromatic N) is 1. The summed E-state index contributed by atoms with van der Waals surface area (Å²) in [6.45, 7) is 14.2. The first-order valence-electron chi connectivity index (χ1n) is 14.9. The Labute approximate surface area is 227 Å². The van der Waals surface area contributed by atoms with Gasteiger partial charge in [0.15, 0.2) is 0 Å². The van der Waals surface area contributed by atoms with Gasteiger partial charge in [-0.3, -0.25) is 14.4 Å². The molecule has 0 N–H and O–H groups in total. The number of ketones is 1. The molecule has 0 spiro atoms. The SMILES string of the molecule is CC(=O)O[C@H]1C[C@@H]2C(=O)C[C@@H]3[C@H](CC[C@]4(C)[C@@H]([C@H](C)[C@H]5CC(C(C)C)=NO5)CC[C@@H]34)[C@@]2(C)C[C@H]1OC(C)=O. The summed E-state index contributed by atoms with van der Waals surface area (Å²) >= 11 is 0. The maximum absolute atomic E-state index is 13.8. The molecule has 4 saturated carbocycles. The molecule has 4 aliphatic carbocycles. The van der Waals surface area contributed by atoms with Crippen LogP contribution in [0, 0.1) is 52.3 Å². The topological polar surface area (TPSA) is 91.3 Å². The average Bonchev–Trinajstić information content (AvgIpc) is 3.44. The van der Waals surface area contributed by atoms with Gasteiger partial charge < -0.3 is 14.3 Å². The van der Waals surface area contributed by atoms with Gasteiger partial charge in [0.1, 0.15) is 24.1 Å². The van der Waals surface area contributed by atoms with E-state index < -0.39 is 18.2 Å². The lowest BCUT2D eigenvalue weighted by Crippen LogP contribution is -2.60. The maximum atomic E-state index is 13.8. The number of esters is 2. The molecule has 0 amide bonds. The molecule has 0 unspecified atom stereocenters. The lowest BCUT2D eigenvalue weighted by Gasteiger charge is -2.61. The van der Waals surface area contributed by atoms with Gasteiger partial charge in [0.05, 0.1) is 5.71 Å². The monoisotopic (exact) mass is 529 g/mol. The van der Waals surface area contributed by atoms with Gasteiger partial charge >= 0.3 is 11.9 Å². The van der Waals surface area contributed by atoms with Crippen LogP contribution in [0.25, 0.3) is 0 Å². The maximum Gasteiger partial charge on any atom is 0.303 e. The van der Waals surface area contributed by atoms with Crippen LogP contribution < -0.4 is 0 Å². The fourth-order valence-corrected chi connectivity index (χ4v) is 9.91. The Bertz CT molecular complexity index is 1010. The predicted octanol–water partition coefficient (Wildman–Crippen LogP) is 5.73. The molecule has 1 heterocycles. The van der Waals surface area contributed by atoms with Crippen molar-refractivity contribution in [2.75, 3.05) is 0 Å². The number of hydrogen-bond donors (Lipinski definition) is 0. The van der Waals surface area contributed by atoms with Crippen molar-refractivity contribution in [3.05, 3.63) is 0 Å². The molecule has 0 radical (unpaired) electrons. The fourth-order valence-electron chi connectivity index (χ4n) is 9.91. The molecule has 7 heteroatoms. The highest BCUT2D eigenvalue weighted by Gasteiger charge is 2.64. The summed E-state index contributed by atoms with van der Waals surface area (Å²) < 4.78 is 11.3. The van der Waals surface area contributed by atoms with Crippen molar-refractivity contribution in [3.8, 4) is 0 Å². The standard InChI is InChI=1S/C31H47NO6/c1-16(2)25-14-27(38-32-25)17(3)21-8-9-22-20-12-26(35)24-13-28(36-18(4)33)29(37-19(5)34)15-31(24,7)23(20)10-11-30(21,22)6/h16-17,20-24,27-29H,8-15H2,1-7H3/t17-,20-,21+,22-,23-,24+,27+,28-,29+,30+,31+/m0/s1. The van der Waals surface area contributed by atoms with Crippen molar-refractivity contribution >= 4 is 23.4 Å². The summed E-state index contributed by atoms with van der Waals surface area (Å²) in [4.78, 5) is 43.5. The number of carbonyl (C=O) groups excluding carboxylic acids is 3. The van der Waals surface area contributed by atoms with Crippen molar-refractivity contribution in [2.45, 2.75) is 118 Å². The minimum absolute atomic E-state index is 0.154. The van der Waals surface area contributed by atoms with E-state index in [9.17, 15) is 14.4 Å². The Balaban J connectivity index is 1.36. The van der Waals surface area contributed by atoms with Gasteiger partial charge in [0.2, 0.25) is 0 Å². The molecule has 0 aromatic heterocycles. The molecule has 1 aliphatic heterocycles. The Morgan fingerprint density at radius 1 is 0.947 bits per heavy atom. The van der Waals surface area contributed by atoms with Crippen LogP contribution in [0.15, 0.2) is 5.16 Å². The van der Waals surface area contributed by atoms with Crippen LogP contribution >= 0.6 is 0 Å². The van der Waals surface area contributed by atoms with Gasteiger partial charge in [-0.1, -0.05) is 39.8 Å². The molecule has 11 atom stereocenters. The Morgan fingerprint density at radius 2 is 1.61 bits per heavy atom. The average molecular weight is 530 g/mol. The Morgan fingerprint density at radius 3 is 2.24 bits per heavy atom. The zero-order valence-corrected chi connectivity index (χ0v) is 24.3. The van der Waals surface area contributed by atoms with Crippen LogP contribution in [0.4, 0.5) is 0 Å². The number of oxime groups is 1. The fraction of sp³-hybridized carbons (Fsp3) is 0.871. The van der Waals surface area contributed by atoms with Crippen LogP contribution in [0.3, 0.4) is 0 Å². The first-order valence-corrected chi connectivity index (χ1v) is 14.9. The Hall–Kier alpha value is -1.92. The summed E-state index contributed by atoms with van der Waals surface area (Å²) in [5, 5.41) is 4.42. The number of ether oxygens (including phenoxy) is 2. The third-order valence-corrected chi connectivity index (χ3v) is 11.7. The molecule has 5 aliphatic rings. The first kappa shape index (κ1) is 27.6. The highest BCUT2D eigenvalue weighted by atomic mass is 16.6. The van der Waals surface area contributed by atoms with Crippen LogP contribution in [0.5, 0.6) is 0 Å². The van der Waals surface area contributed by atoms with E-state index in [-0.39, 0.29) is 28.8 Å². The van der Waals surface area contributed by atoms with Gasteiger partial charge in [-0.05, 0) is 84.9 Å². The molecule has 0 saturated heterocycles. The zero-order valence-electron chi connectivity index (χ0n) is 24.3. The van der Waals surface area contributed by atoms with Crippen molar-refractivity contribution in [1.29, 1.82) is 0 Å². The summed E-state index contributed by atoms with van der Waals surface area (Å²) in [5.41, 5.74) is 1.11. The Kier molecular flexibility index (Phi) is 7.22. The third-order valence-electron chi connectivity index (χ3n) is 11.7. The lowest BCUT2D eigenvalue weighted by atomic mass is 9.43. The minimum Gasteiger partial charge on any atom is -0.459 e. The van der Waals surface area contributed by atoms with Crippen LogP contribution in [-0.4, -0.2) is 41.7 Å². The van der Waals surface area contributed by atoms with Gasteiger partial charge in [-0.2, -0.15) is 0 Å². The summed E-state index contributed by atoms with van der Waals surface area (Å²) in [6, 6.07) is 0. The molecule has 212 valence electrons. The van der Waals surface area contributed by atoms with Crippen molar-refractivity contribution in [1.82, 2.24) is 0 Å². The van der Waals surface area contributed by atoms with Gasteiger partial charge in [0, 0.05) is 32.6 Å². The second-order valence-corrected chi connectivity index (χ2v) is 14.0. The minimum atomic E-state index is -0.551. The molecule has 7 nitrogen and oxygen atoms in total. The van der Waals surface area contributed by atoms with Gasteiger partial charge in [-0.25, -0.2) is 0 Å². The molecule has 0 aromatic rings. The van der Waals surface area contributed by atoms with E-state index >= 15 is 0 Å². The normalized spacial score (nSPS) is 44.8. The van der Waals surface area contributed by atoms with E-state index in [2.05, 4.69) is 39.8 Å². The van der Waals surface area contributed by atoms with E-state index in [1.807, 2.05) is 0 Å². The summed E-state index contributed by atoms with van der Waals surface area (Å²) in [7, 11) is 0. The number of rotatable bonds is 5. The molecule has 38 heavy (non-hydrogen) atoms. The second-order valence-electron chi connectivity index (χ2n) is 14.0. The first-order chi connectivity index (χ1) is 17.8. The number of fused-ring (bicyclic) bond motifs is 5. The molecule has 0 aromatic carbocycles. The second kappa shape index (κ2) is 9.92. The van der Waals surface area contributed by atoms with Crippen molar-refractivity contribution in [3.63, 3.8) is 0 Å². The van der Waals surface area contributed by atoms with E-state index in [4.69, 9.17) is 14.3 Å². The number of carbonyl (C=O) groups is 3. The third kappa shape index (κ3) is 4.50. The van der Waals surface area contributed by atoms with Gasteiger partial charge in [-0.15, -0.1) is 0 Å². The predicted molar refractivity (Wildman–Crippen MR) is 143 cm³/mol. The largest absolute Gasteiger partial charge is 0.459 e.